The van der Waals surface area contributed by atoms with E-state index >= 15 is 0 Å². The van der Waals surface area contributed by atoms with Gasteiger partial charge in [-0.25, -0.2) is 4.99 Å². The van der Waals surface area contributed by atoms with E-state index in [0.717, 1.165) is 35.8 Å². The topological polar surface area (TPSA) is 107 Å². The monoisotopic (exact) mass is 397 g/mol. The number of nitrogens with one attached hydrogen (secondary N) is 2. The Hall–Kier alpha value is -3.49. The van der Waals surface area contributed by atoms with Crippen LogP contribution >= 0.6 is 0 Å². The summed E-state index contributed by atoms with van der Waals surface area (Å²) in [5.41, 5.74) is 0.834. The minimum atomic E-state index is 0.265. The third-order valence-electron chi connectivity index (χ3n) is 4.20. The summed E-state index contributed by atoms with van der Waals surface area (Å²) in [6, 6.07) is 9.54. The van der Waals surface area contributed by atoms with Gasteiger partial charge in [0.15, 0.2) is 23.3 Å². The number of nitrogens with zero attached hydrogens (tertiary/aromatic N) is 3. The molecule has 0 unspecified atom stereocenters. The third kappa shape index (κ3) is 5.28. The molecule has 2 aromatic heterocycles. The van der Waals surface area contributed by atoms with Crippen LogP contribution in [0.3, 0.4) is 0 Å². The first-order chi connectivity index (χ1) is 14.3. The van der Waals surface area contributed by atoms with Gasteiger partial charge in [0, 0.05) is 31.1 Å². The van der Waals surface area contributed by atoms with E-state index in [1.54, 1.807) is 13.2 Å². The zero-order valence-corrected chi connectivity index (χ0v) is 16.2. The molecule has 0 saturated heterocycles. The Morgan fingerprint density at radius 2 is 2.07 bits per heavy atom. The van der Waals surface area contributed by atoms with E-state index in [1.165, 1.54) is 0 Å². The van der Waals surface area contributed by atoms with Crippen LogP contribution in [0, 0.1) is 6.92 Å². The number of aromatic nitrogens is 2. The number of aryl methyl sites for hydroxylation is 1. The SMILES string of the molecule is Cc1noc(CN=C(NCCc2ccco2)Nc2ccc3c(c2)OCCCO3)n1. The van der Waals surface area contributed by atoms with Crippen LogP contribution in [-0.2, 0) is 13.0 Å². The summed E-state index contributed by atoms with van der Waals surface area (Å²) < 4.78 is 22.0. The molecule has 0 atom stereocenters. The Balaban J connectivity index is 1.45. The summed E-state index contributed by atoms with van der Waals surface area (Å²) in [4.78, 5) is 8.73. The standard InChI is InChI=1S/C20H23N5O4/c1-14-23-19(29-25-14)13-22-20(21-8-7-16-4-2-9-26-16)24-15-5-6-17-18(12-15)28-11-3-10-27-17/h2,4-6,9,12H,3,7-8,10-11,13H2,1H3,(H2,21,22,24). The maximum atomic E-state index is 5.76. The Kier molecular flexibility index (Phi) is 5.94. The van der Waals surface area contributed by atoms with Crippen molar-refractivity contribution in [1.82, 2.24) is 15.5 Å². The van der Waals surface area contributed by atoms with Crippen molar-refractivity contribution >= 4 is 11.6 Å². The van der Waals surface area contributed by atoms with Gasteiger partial charge in [-0.3, -0.25) is 0 Å². The molecule has 0 saturated carbocycles. The highest BCUT2D eigenvalue weighted by Crippen LogP contribution is 2.32. The first-order valence-corrected chi connectivity index (χ1v) is 9.53. The van der Waals surface area contributed by atoms with Crippen LogP contribution in [0.4, 0.5) is 5.69 Å². The largest absolute Gasteiger partial charge is 0.490 e. The summed E-state index contributed by atoms with van der Waals surface area (Å²) in [5, 5.41) is 10.4. The van der Waals surface area contributed by atoms with Crippen molar-refractivity contribution in [3.8, 4) is 11.5 Å². The van der Waals surface area contributed by atoms with Crippen LogP contribution in [0.15, 0.2) is 50.5 Å². The fraction of sp³-hybridized carbons (Fsp3) is 0.350. The van der Waals surface area contributed by atoms with Crippen LogP contribution in [0.25, 0.3) is 0 Å². The molecule has 2 N–H and O–H groups in total. The van der Waals surface area contributed by atoms with E-state index in [1.807, 2.05) is 30.3 Å². The van der Waals surface area contributed by atoms with Crippen molar-refractivity contribution < 1.29 is 18.4 Å². The highest BCUT2D eigenvalue weighted by Gasteiger charge is 2.12. The number of aliphatic imine (C=N–C) groups is 1. The number of furan rings is 1. The Labute approximate surface area is 168 Å². The van der Waals surface area contributed by atoms with Crippen molar-refractivity contribution in [2.24, 2.45) is 4.99 Å². The Morgan fingerprint density at radius 3 is 2.86 bits per heavy atom. The second-order valence-corrected chi connectivity index (χ2v) is 6.49. The molecular formula is C20H23N5O4. The molecule has 152 valence electrons. The van der Waals surface area contributed by atoms with Crippen LogP contribution in [0.5, 0.6) is 11.5 Å². The second-order valence-electron chi connectivity index (χ2n) is 6.49. The van der Waals surface area contributed by atoms with Gasteiger partial charge in [0.25, 0.3) is 0 Å². The first-order valence-electron chi connectivity index (χ1n) is 9.53. The number of benzene rings is 1. The van der Waals surface area contributed by atoms with E-state index in [4.69, 9.17) is 18.4 Å². The zero-order chi connectivity index (χ0) is 19.9. The minimum absolute atomic E-state index is 0.265. The van der Waals surface area contributed by atoms with Gasteiger partial charge in [0.1, 0.15) is 12.3 Å². The number of hydrogen-bond donors (Lipinski definition) is 2. The molecule has 9 heteroatoms. The van der Waals surface area contributed by atoms with Gasteiger partial charge in [-0.05, 0) is 31.2 Å². The molecule has 0 bridgehead atoms. The van der Waals surface area contributed by atoms with Crippen molar-refractivity contribution in [2.75, 3.05) is 25.1 Å². The van der Waals surface area contributed by atoms with Gasteiger partial charge in [0.05, 0.1) is 19.5 Å². The van der Waals surface area contributed by atoms with Crippen LogP contribution < -0.4 is 20.1 Å². The molecule has 9 nitrogen and oxygen atoms in total. The number of guanidine groups is 1. The molecular weight excluding hydrogens is 374 g/mol. The molecule has 1 aliphatic heterocycles. The lowest BCUT2D eigenvalue weighted by Gasteiger charge is -2.14. The van der Waals surface area contributed by atoms with Crippen molar-refractivity contribution in [3.63, 3.8) is 0 Å². The van der Waals surface area contributed by atoms with Crippen LogP contribution in [0.1, 0.15) is 23.9 Å². The van der Waals surface area contributed by atoms with Crippen LogP contribution in [-0.4, -0.2) is 35.9 Å². The number of fused-ring (bicyclic) bond motifs is 1. The molecule has 0 aliphatic carbocycles. The van der Waals surface area contributed by atoms with Gasteiger partial charge in [-0.2, -0.15) is 4.98 Å². The molecule has 29 heavy (non-hydrogen) atoms. The molecule has 1 aromatic carbocycles. The number of rotatable bonds is 6. The van der Waals surface area contributed by atoms with E-state index in [-0.39, 0.29) is 6.54 Å². The number of hydrogen-bond acceptors (Lipinski definition) is 7. The lowest BCUT2D eigenvalue weighted by Crippen LogP contribution is -2.32. The average Bonchev–Trinajstić information content (AvgIpc) is 3.32. The van der Waals surface area contributed by atoms with Crippen molar-refractivity contribution in [2.45, 2.75) is 26.3 Å². The van der Waals surface area contributed by atoms with E-state index < -0.39 is 0 Å². The Morgan fingerprint density at radius 1 is 1.17 bits per heavy atom. The first kappa shape index (κ1) is 18.9. The summed E-state index contributed by atoms with van der Waals surface area (Å²) in [6.45, 7) is 3.98. The number of anilines is 1. The summed E-state index contributed by atoms with van der Waals surface area (Å²) in [7, 11) is 0. The van der Waals surface area contributed by atoms with Gasteiger partial charge >= 0.3 is 0 Å². The molecule has 3 aromatic rings. The van der Waals surface area contributed by atoms with Gasteiger partial charge in [-0.1, -0.05) is 5.16 Å². The lowest BCUT2D eigenvalue weighted by molar-refractivity contribution is 0.297. The van der Waals surface area contributed by atoms with E-state index in [0.29, 0.717) is 37.4 Å². The second kappa shape index (κ2) is 9.13. The average molecular weight is 397 g/mol. The maximum absolute atomic E-state index is 5.76. The molecule has 4 rings (SSSR count). The van der Waals surface area contributed by atoms with Gasteiger partial charge in [-0.15, -0.1) is 0 Å². The summed E-state index contributed by atoms with van der Waals surface area (Å²) in [6.07, 6.45) is 3.26. The highest BCUT2D eigenvalue weighted by molar-refractivity contribution is 5.93. The molecule has 1 aliphatic rings. The lowest BCUT2D eigenvalue weighted by atomic mass is 10.2. The minimum Gasteiger partial charge on any atom is -0.490 e. The van der Waals surface area contributed by atoms with Crippen molar-refractivity contribution in [1.29, 1.82) is 0 Å². The molecule has 0 fully saturated rings. The van der Waals surface area contributed by atoms with Crippen molar-refractivity contribution in [3.05, 3.63) is 54.1 Å². The summed E-state index contributed by atoms with van der Waals surface area (Å²) in [5.74, 6) is 3.99. The normalized spacial score (nSPS) is 13.8. The quantitative estimate of drug-likeness (QED) is 0.483. The predicted molar refractivity (Wildman–Crippen MR) is 106 cm³/mol. The smallest absolute Gasteiger partial charge is 0.248 e. The molecule has 3 heterocycles. The predicted octanol–water partition coefficient (Wildman–Crippen LogP) is 2.93. The van der Waals surface area contributed by atoms with E-state index in [2.05, 4.69) is 25.8 Å². The number of ether oxygens (including phenoxy) is 2. The van der Waals surface area contributed by atoms with Gasteiger partial charge in [0.2, 0.25) is 5.89 Å². The Bertz CT molecular complexity index is 952. The highest BCUT2D eigenvalue weighted by atomic mass is 16.5. The molecule has 0 radical (unpaired) electrons. The summed E-state index contributed by atoms with van der Waals surface area (Å²) >= 11 is 0. The zero-order valence-electron chi connectivity index (χ0n) is 16.2. The third-order valence-corrected chi connectivity index (χ3v) is 4.20. The maximum Gasteiger partial charge on any atom is 0.248 e. The van der Waals surface area contributed by atoms with E-state index in [9.17, 15) is 0 Å². The molecule has 0 amide bonds. The van der Waals surface area contributed by atoms with Crippen LogP contribution in [0.2, 0.25) is 0 Å². The fourth-order valence-electron chi connectivity index (χ4n) is 2.83. The fourth-order valence-corrected chi connectivity index (χ4v) is 2.83. The van der Waals surface area contributed by atoms with Gasteiger partial charge < -0.3 is 29.0 Å². The molecule has 0 spiro atoms.